The second-order valence-electron chi connectivity index (χ2n) is 2.02. The SMILES string of the molecule is O=S(=O)(F)Nc1ccccc1F. The molecule has 0 bridgehead atoms. The molecule has 0 fully saturated rings. The summed E-state index contributed by atoms with van der Waals surface area (Å²) in [5, 5.41) is 0. The van der Waals surface area contributed by atoms with E-state index in [-0.39, 0.29) is 0 Å². The highest BCUT2D eigenvalue weighted by Gasteiger charge is 2.08. The van der Waals surface area contributed by atoms with Crippen LogP contribution in [0.3, 0.4) is 0 Å². The average molecular weight is 193 g/mol. The highest BCUT2D eigenvalue weighted by molar-refractivity contribution is 7.87. The molecule has 1 aromatic carbocycles. The van der Waals surface area contributed by atoms with E-state index in [4.69, 9.17) is 0 Å². The first-order chi connectivity index (χ1) is 5.49. The summed E-state index contributed by atoms with van der Waals surface area (Å²) in [6.45, 7) is 0. The largest absolute Gasteiger partial charge is 0.397 e. The van der Waals surface area contributed by atoms with Crippen molar-refractivity contribution in [2.75, 3.05) is 4.72 Å². The first-order valence-corrected chi connectivity index (χ1v) is 4.34. The normalized spacial score (nSPS) is 11.2. The molecule has 0 heterocycles. The summed E-state index contributed by atoms with van der Waals surface area (Å²) >= 11 is 0. The van der Waals surface area contributed by atoms with Crippen LogP contribution in [-0.2, 0) is 10.4 Å². The summed E-state index contributed by atoms with van der Waals surface area (Å²) in [5.41, 5.74) is -0.403. The minimum absolute atomic E-state index is 0.403. The third-order valence-corrected chi connectivity index (χ3v) is 1.57. The highest BCUT2D eigenvalue weighted by Crippen LogP contribution is 2.14. The average Bonchev–Trinajstić information content (AvgIpc) is 1.91. The van der Waals surface area contributed by atoms with E-state index in [9.17, 15) is 16.7 Å². The maximum Gasteiger partial charge on any atom is 0.397 e. The lowest BCUT2D eigenvalue weighted by atomic mass is 10.3. The molecule has 0 aliphatic rings. The van der Waals surface area contributed by atoms with E-state index in [1.807, 2.05) is 0 Å². The van der Waals surface area contributed by atoms with Crippen molar-refractivity contribution in [1.29, 1.82) is 0 Å². The van der Waals surface area contributed by atoms with Crippen LogP contribution < -0.4 is 4.72 Å². The summed E-state index contributed by atoms with van der Waals surface area (Å²) in [5.74, 6) is -0.821. The fourth-order valence-electron chi connectivity index (χ4n) is 0.675. The summed E-state index contributed by atoms with van der Waals surface area (Å²) in [6.07, 6.45) is 0. The number of halogens is 2. The molecule has 0 amide bonds. The summed E-state index contributed by atoms with van der Waals surface area (Å²) in [7, 11) is -4.89. The molecule has 0 unspecified atom stereocenters. The molecule has 0 radical (unpaired) electrons. The Morgan fingerprint density at radius 3 is 2.33 bits per heavy atom. The minimum atomic E-state index is -4.89. The fraction of sp³-hybridized carbons (Fsp3) is 0. The van der Waals surface area contributed by atoms with E-state index >= 15 is 0 Å². The van der Waals surface area contributed by atoms with E-state index < -0.39 is 21.9 Å². The Kier molecular flexibility index (Phi) is 2.27. The van der Waals surface area contributed by atoms with Crippen LogP contribution in [0.5, 0.6) is 0 Å². The van der Waals surface area contributed by atoms with Gasteiger partial charge in [-0.1, -0.05) is 16.0 Å². The Hall–Kier alpha value is -1.17. The zero-order valence-electron chi connectivity index (χ0n) is 5.79. The zero-order valence-corrected chi connectivity index (χ0v) is 6.61. The van der Waals surface area contributed by atoms with Gasteiger partial charge in [0.15, 0.2) is 0 Å². The first kappa shape index (κ1) is 8.92. The quantitative estimate of drug-likeness (QED) is 0.722. The smallest absolute Gasteiger partial charge is 0.254 e. The molecular weight excluding hydrogens is 188 g/mol. The Morgan fingerprint density at radius 2 is 1.83 bits per heavy atom. The molecule has 0 aliphatic heterocycles. The van der Waals surface area contributed by atoms with E-state index in [2.05, 4.69) is 0 Å². The molecule has 0 saturated heterocycles. The molecule has 0 atom stereocenters. The molecule has 0 aromatic heterocycles. The van der Waals surface area contributed by atoms with Gasteiger partial charge in [0.2, 0.25) is 0 Å². The van der Waals surface area contributed by atoms with Crippen LogP contribution in [0.25, 0.3) is 0 Å². The van der Waals surface area contributed by atoms with Gasteiger partial charge in [-0.05, 0) is 12.1 Å². The van der Waals surface area contributed by atoms with Gasteiger partial charge in [0.1, 0.15) is 5.82 Å². The predicted molar refractivity (Wildman–Crippen MR) is 40.1 cm³/mol. The Labute approximate surface area is 68.4 Å². The molecule has 3 nitrogen and oxygen atoms in total. The van der Waals surface area contributed by atoms with Crippen molar-refractivity contribution >= 4 is 16.1 Å². The first-order valence-electron chi connectivity index (χ1n) is 2.96. The molecule has 1 N–H and O–H groups in total. The molecule has 6 heteroatoms. The van der Waals surface area contributed by atoms with Crippen LogP contribution >= 0.6 is 0 Å². The van der Waals surface area contributed by atoms with Crippen molar-refractivity contribution in [1.82, 2.24) is 0 Å². The number of rotatable bonds is 2. The van der Waals surface area contributed by atoms with Crippen LogP contribution in [-0.4, -0.2) is 8.42 Å². The number of hydrogen-bond acceptors (Lipinski definition) is 2. The van der Waals surface area contributed by atoms with Gasteiger partial charge in [0.05, 0.1) is 5.69 Å². The summed E-state index contributed by atoms with van der Waals surface area (Å²) in [4.78, 5) is 0. The third kappa shape index (κ3) is 2.46. The second kappa shape index (κ2) is 3.06. The minimum Gasteiger partial charge on any atom is -0.254 e. The van der Waals surface area contributed by atoms with Gasteiger partial charge in [-0.3, -0.25) is 4.72 Å². The molecule has 66 valence electrons. The highest BCUT2D eigenvalue weighted by atomic mass is 32.3. The molecule has 1 aromatic rings. The Morgan fingerprint density at radius 1 is 1.25 bits per heavy atom. The summed E-state index contributed by atoms with van der Waals surface area (Å²) in [6, 6.07) is 4.89. The van der Waals surface area contributed by atoms with Gasteiger partial charge >= 0.3 is 10.4 Å². The lowest BCUT2D eigenvalue weighted by Crippen LogP contribution is -2.06. The van der Waals surface area contributed by atoms with Gasteiger partial charge in [-0.25, -0.2) is 4.39 Å². The van der Waals surface area contributed by atoms with Crippen molar-refractivity contribution in [3.63, 3.8) is 0 Å². The van der Waals surface area contributed by atoms with Gasteiger partial charge < -0.3 is 0 Å². The Balaban J connectivity index is 2.98. The lowest BCUT2D eigenvalue weighted by molar-refractivity contribution is 0.557. The number of nitrogens with one attached hydrogen (secondary N) is 1. The molecular formula is C6H5F2NO2S. The fourth-order valence-corrected chi connectivity index (χ4v) is 1.10. The Bertz CT molecular complexity index is 377. The van der Waals surface area contributed by atoms with Crippen molar-refractivity contribution in [3.8, 4) is 0 Å². The van der Waals surface area contributed by atoms with E-state index in [0.29, 0.717) is 0 Å². The number of benzene rings is 1. The molecule has 1 rings (SSSR count). The van der Waals surface area contributed by atoms with Crippen molar-refractivity contribution in [2.24, 2.45) is 0 Å². The van der Waals surface area contributed by atoms with E-state index in [0.717, 1.165) is 12.1 Å². The lowest BCUT2D eigenvalue weighted by Gasteiger charge is -2.00. The number of anilines is 1. The van der Waals surface area contributed by atoms with Crippen LogP contribution in [0.4, 0.5) is 14.0 Å². The van der Waals surface area contributed by atoms with Crippen LogP contribution in [0.2, 0.25) is 0 Å². The van der Waals surface area contributed by atoms with Gasteiger partial charge in [0.25, 0.3) is 0 Å². The van der Waals surface area contributed by atoms with E-state index in [1.54, 1.807) is 0 Å². The van der Waals surface area contributed by atoms with Crippen molar-refractivity contribution < 1.29 is 16.7 Å². The summed E-state index contributed by atoms with van der Waals surface area (Å²) < 4.78 is 46.0. The van der Waals surface area contributed by atoms with Crippen LogP contribution in [0.1, 0.15) is 0 Å². The molecule has 0 spiro atoms. The zero-order chi connectivity index (χ0) is 9.19. The molecule has 0 aliphatic carbocycles. The van der Waals surface area contributed by atoms with Crippen molar-refractivity contribution in [2.45, 2.75) is 0 Å². The van der Waals surface area contributed by atoms with Gasteiger partial charge in [-0.15, -0.1) is 0 Å². The maximum atomic E-state index is 12.6. The predicted octanol–water partition coefficient (Wildman–Crippen LogP) is 1.45. The van der Waals surface area contributed by atoms with Crippen LogP contribution in [0.15, 0.2) is 24.3 Å². The van der Waals surface area contributed by atoms with Gasteiger partial charge in [-0.2, -0.15) is 8.42 Å². The maximum absolute atomic E-state index is 12.6. The monoisotopic (exact) mass is 193 g/mol. The standard InChI is InChI=1S/C6H5F2NO2S/c7-5-3-1-2-4-6(5)9-12(8,10)11/h1-4,9H. The van der Waals surface area contributed by atoms with Gasteiger partial charge in [0, 0.05) is 0 Å². The number of hydrogen-bond donors (Lipinski definition) is 1. The van der Waals surface area contributed by atoms with E-state index in [1.165, 1.54) is 16.9 Å². The molecule has 0 saturated carbocycles. The third-order valence-electron chi connectivity index (χ3n) is 1.11. The topological polar surface area (TPSA) is 46.2 Å². The van der Waals surface area contributed by atoms with Crippen molar-refractivity contribution in [3.05, 3.63) is 30.1 Å². The number of para-hydroxylation sites is 1. The molecule has 12 heavy (non-hydrogen) atoms. The van der Waals surface area contributed by atoms with Crippen LogP contribution in [0, 0.1) is 5.82 Å². The second-order valence-corrected chi connectivity index (χ2v) is 3.10.